The van der Waals surface area contributed by atoms with Gasteiger partial charge in [-0.05, 0) is 91.0 Å². The molecule has 6 aromatic carbocycles. The number of rotatable bonds is 13. The van der Waals surface area contributed by atoms with Crippen molar-refractivity contribution in [2.24, 2.45) is 0 Å². The molecule has 0 unspecified atom stereocenters. The van der Waals surface area contributed by atoms with Crippen LogP contribution in [0.15, 0.2) is 152 Å². The summed E-state index contributed by atoms with van der Waals surface area (Å²) >= 11 is 0. The fourth-order valence-electron chi connectivity index (χ4n) is 6.31. The quantitative estimate of drug-likeness (QED) is 0.0645. The summed E-state index contributed by atoms with van der Waals surface area (Å²) in [6.07, 6.45) is -2.56. The van der Waals surface area contributed by atoms with Crippen LogP contribution in [0.3, 0.4) is 0 Å². The number of amides is 2. The van der Waals surface area contributed by atoms with Crippen molar-refractivity contribution in [3.63, 3.8) is 0 Å². The standard InChI is InChI=1S/C46H33NO10/c1-54-35-22-15-28(16-23-35)39(48)41(30-9-5-3-6-10-30)56-45(52)32-13-20-34(21-14-32)47-43(50)37-26-19-33(27-38(37)44(47)51)46(53)57-42(31-11-7-4-8-12-31)40(49)29-17-24-36(55-2)25-18-29/h3-27,41-42H,1-2H3/t41-,42-/m0/s1. The third kappa shape index (κ3) is 7.80. The Labute approximate surface area is 327 Å². The van der Waals surface area contributed by atoms with E-state index in [1.807, 2.05) is 0 Å². The van der Waals surface area contributed by atoms with E-state index in [2.05, 4.69) is 0 Å². The molecule has 0 fully saturated rings. The number of nitrogens with zero attached hydrogens (tertiary/aromatic N) is 1. The molecular weight excluding hydrogens is 727 g/mol. The van der Waals surface area contributed by atoms with Gasteiger partial charge in [0.2, 0.25) is 11.6 Å². The maximum atomic E-state index is 13.7. The van der Waals surface area contributed by atoms with Crippen LogP contribution in [0.1, 0.15) is 85.5 Å². The minimum Gasteiger partial charge on any atom is -0.497 e. The summed E-state index contributed by atoms with van der Waals surface area (Å²) in [5.74, 6) is -2.83. The van der Waals surface area contributed by atoms with Crippen LogP contribution in [0.4, 0.5) is 5.69 Å². The third-order valence-electron chi connectivity index (χ3n) is 9.36. The molecule has 11 nitrogen and oxygen atoms in total. The molecule has 1 aliphatic rings. The fourth-order valence-corrected chi connectivity index (χ4v) is 6.31. The molecule has 0 spiro atoms. The molecule has 0 saturated heterocycles. The van der Waals surface area contributed by atoms with Gasteiger partial charge in [-0.15, -0.1) is 0 Å². The summed E-state index contributed by atoms with van der Waals surface area (Å²) in [6.45, 7) is 0. The van der Waals surface area contributed by atoms with Crippen LogP contribution in [0.2, 0.25) is 0 Å². The zero-order valence-electron chi connectivity index (χ0n) is 30.6. The van der Waals surface area contributed by atoms with E-state index in [9.17, 15) is 28.8 Å². The second-order valence-corrected chi connectivity index (χ2v) is 12.8. The van der Waals surface area contributed by atoms with Crippen LogP contribution in [0.25, 0.3) is 0 Å². The first kappa shape index (κ1) is 37.6. The highest BCUT2D eigenvalue weighted by Gasteiger charge is 2.38. The molecule has 0 radical (unpaired) electrons. The molecule has 7 rings (SSSR count). The number of carbonyl (C=O) groups excluding carboxylic acids is 6. The zero-order chi connectivity index (χ0) is 40.1. The normalized spacial score (nSPS) is 12.9. The van der Waals surface area contributed by atoms with Gasteiger partial charge in [0.15, 0.2) is 12.2 Å². The number of ketones is 2. The van der Waals surface area contributed by atoms with Crippen molar-refractivity contribution in [3.05, 3.63) is 196 Å². The number of esters is 2. The highest BCUT2D eigenvalue weighted by molar-refractivity contribution is 6.34. The molecule has 0 aromatic heterocycles. The molecule has 0 bridgehead atoms. The number of hydrogen-bond donors (Lipinski definition) is 0. The van der Waals surface area contributed by atoms with Crippen LogP contribution in [0.5, 0.6) is 11.5 Å². The second kappa shape index (κ2) is 16.4. The van der Waals surface area contributed by atoms with E-state index in [0.29, 0.717) is 33.8 Å². The van der Waals surface area contributed by atoms with Gasteiger partial charge >= 0.3 is 11.9 Å². The van der Waals surface area contributed by atoms with Gasteiger partial charge in [0, 0.05) is 22.3 Å². The average Bonchev–Trinajstić information content (AvgIpc) is 3.52. The number of imide groups is 1. The van der Waals surface area contributed by atoms with Gasteiger partial charge in [-0.3, -0.25) is 19.2 Å². The van der Waals surface area contributed by atoms with Crippen molar-refractivity contribution in [2.45, 2.75) is 12.2 Å². The Balaban J connectivity index is 1.08. The summed E-state index contributed by atoms with van der Waals surface area (Å²) in [6, 6.07) is 39.5. The molecule has 0 saturated carbocycles. The van der Waals surface area contributed by atoms with Gasteiger partial charge in [0.25, 0.3) is 11.8 Å². The lowest BCUT2D eigenvalue weighted by Gasteiger charge is -2.18. The second-order valence-electron chi connectivity index (χ2n) is 12.8. The summed E-state index contributed by atoms with van der Waals surface area (Å²) in [5, 5.41) is 0. The average molecular weight is 760 g/mol. The highest BCUT2D eigenvalue weighted by atomic mass is 16.6. The fraction of sp³-hybridized carbons (Fsp3) is 0.0870. The van der Waals surface area contributed by atoms with Crippen molar-refractivity contribution >= 4 is 41.0 Å². The van der Waals surface area contributed by atoms with Gasteiger partial charge in [-0.25, -0.2) is 14.5 Å². The van der Waals surface area contributed by atoms with Crippen LogP contribution in [-0.4, -0.2) is 49.5 Å². The molecule has 2 amide bonds. The molecule has 57 heavy (non-hydrogen) atoms. The zero-order valence-corrected chi connectivity index (χ0v) is 30.6. The molecule has 0 N–H and O–H groups in total. The number of methoxy groups -OCH3 is 2. The maximum absolute atomic E-state index is 13.7. The van der Waals surface area contributed by atoms with Crippen molar-refractivity contribution in [2.75, 3.05) is 19.1 Å². The largest absolute Gasteiger partial charge is 0.497 e. The van der Waals surface area contributed by atoms with E-state index in [1.165, 1.54) is 56.7 Å². The van der Waals surface area contributed by atoms with Gasteiger partial charge in [-0.1, -0.05) is 60.7 Å². The van der Waals surface area contributed by atoms with E-state index in [0.717, 1.165) is 4.90 Å². The van der Waals surface area contributed by atoms with Crippen molar-refractivity contribution in [1.82, 2.24) is 0 Å². The van der Waals surface area contributed by atoms with Crippen LogP contribution in [-0.2, 0) is 9.47 Å². The Bertz CT molecular complexity index is 2480. The number of hydrogen-bond acceptors (Lipinski definition) is 10. The maximum Gasteiger partial charge on any atom is 0.339 e. The number of anilines is 1. The monoisotopic (exact) mass is 759 g/mol. The lowest BCUT2D eigenvalue weighted by Crippen LogP contribution is -2.29. The minimum atomic E-state index is -1.30. The summed E-state index contributed by atoms with van der Waals surface area (Å²) in [4.78, 5) is 82.3. The Kier molecular flexibility index (Phi) is 10.8. The summed E-state index contributed by atoms with van der Waals surface area (Å²) < 4.78 is 21.9. The SMILES string of the molecule is COc1ccc(C(=O)[C@@H](OC(=O)c2ccc(N3C(=O)c4ccc(C(=O)O[C@H](C(=O)c5ccc(OC)cc5)c5ccccc5)cc4C3=O)cc2)c2ccccc2)cc1. The smallest absolute Gasteiger partial charge is 0.339 e. The molecular formula is C46H33NO10. The predicted molar refractivity (Wildman–Crippen MR) is 208 cm³/mol. The van der Waals surface area contributed by atoms with Crippen molar-refractivity contribution in [1.29, 1.82) is 0 Å². The molecule has 1 aliphatic heterocycles. The Morgan fingerprint density at radius 3 is 1.32 bits per heavy atom. The number of Topliss-reactive ketones (excluding diaryl/α,β-unsaturated/α-hetero) is 2. The third-order valence-corrected chi connectivity index (χ3v) is 9.36. The van der Waals surface area contributed by atoms with Gasteiger partial charge in [0.1, 0.15) is 11.5 Å². The van der Waals surface area contributed by atoms with E-state index >= 15 is 0 Å². The first-order chi connectivity index (χ1) is 27.7. The number of fused-ring (bicyclic) bond motifs is 1. The van der Waals surface area contributed by atoms with E-state index < -0.39 is 47.5 Å². The predicted octanol–water partition coefficient (Wildman–Crippen LogP) is 8.07. The molecule has 282 valence electrons. The van der Waals surface area contributed by atoms with Gasteiger partial charge in [-0.2, -0.15) is 0 Å². The number of ether oxygens (including phenoxy) is 4. The Hall–Kier alpha value is -7.66. The van der Waals surface area contributed by atoms with Crippen molar-refractivity contribution < 1.29 is 47.7 Å². The molecule has 6 aromatic rings. The van der Waals surface area contributed by atoms with Crippen molar-refractivity contribution in [3.8, 4) is 11.5 Å². The summed E-state index contributed by atoms with van der Waals surface area (Å²) in [7, 11) is 3.02. The van der Waals surface area contributed by atoms with Crippen LogP contribution < -0.4 is 14.4 Å². The number of benzene rings is 6. The summed E-state index contributed by atoms with van der Waals surface area (Å²) in [5.41, 5.74) is 1.71. The molecule has 0 aliphatic carbocycles. The van der Waals surface area contributed by atoms with E-state index in [1.54, 1.807) is 109 Å². The van der Waals surface area contributed by atoms with Gasteiger partial charge in [0.05, 0.1) is 42.2 Å². The van der Waals surface area contributed by atoms with E-state index in [4.69, 9.17) is 18.9 Å². The van der Waals surface area contributed by atoms with Crippen LogP contribution in [0, 0.1) is 0 Å². The molecule has 11 heteroatoms. The van der Waals surface area contributed by atoms with E-state index in [-0.39, 0.29) is 27.9 Å². The first-order valence-corrected chi connectivity index (χ1v) is 17.7. The van der Waals surface area contributed by atoms with Gasteiger partial charge < -0.3 is 18.9 Å². The highest BCUT2D eigenvalue weighted by Crippen LogP contribution is 2.32. The van der Waals surface area contributed by atoms with Crippen LogP contribution >= 0.6 is 0 Å². The lowest BCUT2D eigenvalue weighted by atomic mass is 9.99. The molecule has 1 heterocycles. The first-order valence-electron chi connectivity index (χ1n) is 17.7. The molecule has 2 atom stereocenters. The lowest BCUT2D eigenvalue weighted by molar-refractivity contribution is 0.0278. The number of carbonyl (C=O) groups is 6. The minimum absolute atomic E-state index is 0.0431. The Morgan fingerprint density at radius 2 is 0.860 bits per heavy atom. The Morgan fingerprint density at radius 1 is 0.456 bits per heavy atom. The topological polar surface area (TPSA) is 143 Å².